The van der Waals surface area contributed by atoms with Gasteiger partial charge in [-0.05, 0) is 66.6 Å². The van der Waals surface area contributed by atoms with Gasteiger partial charge in [-0.3, -0.25) is 4.79 Å². The maximum absolute atomic E-state index is 12.5. The molecule has 5 nitrogen and oxygen atoms in total. The highest BCUT2D eigenvalue weighted by Gasteiger charge is 2.20. The molecule has 1 aliphatic rings. The van der Waals surface area contributed by atoms with E-state index < -0.39 is 0 Å². The second-order valence-corrected chi connectivity index (χ2v) is 7.17. The van der Waals surface area contributed by atoms with E-state index in [1.165, 1.54) is 17.7 Å². The van der Waals surface area contributed by atoms with E-state index in [4.69, 9.17) is 4.74 Å². The lowest BCUT2D eigenvalue weighted by atomic mass is 9.87. The molecule has 1 amide bonds. The van der Waals surface area contributed by atoms with Crippen molar-refractivity contribution in [2.24, 2.45) is 11.0 Å². The molecular formula is C22H23N3O2. The van der Waals surface area contributed by atoms with Crippen molar-refractivity contribution in [2.45, 2.75) is 26.2 Å². The molecule has 2 aromatic carbocycles. The number of aryl methyl sites for hydroxylation is 1. The number of ether oxygens (including phenoxy) is 1. The van der Waals surface area contributed by atoms with Crippen molar-refractivity contribution < 1.29 is 9.53 Å². The Morgan fingerprint density at radius 3 is 3.04 bits per heavy atom. The molecule has 138 valence electrons. The number of benzene rings is 2. The minimum absolute atomic E-state index is 0.213. The molecule has 2 N–H and O–H groups in total. The fourth-order valence-electron chi connectivity index (χ4n) is 3.68. The number of rotatable bonds is 4. The minimum atomic E-state index is -0.213. The fourth-order valence-corrected chi connectivity index (χ4v) is 3.68. The quantitative estimate of drug-likeness (QED) is 0.543. The van der Waals surface area contributed by atoms with Crippen LogP contribution in [0.3, 0.4) is 0 Å². The van der Waals surface area contributed by atoms with Crippen LogP contribution in [-0.2, 0) is 12.8 Å². The van der Waals surface area contributed by atoms with Gasteiger partial charge in [-0.1, -0.05) is 19.1 Å². The third-order valence-electron chi connectivity index (χ3n) is 5.17. The number of nitrogens with zero attached hydrogens (tertiary/aromatic N) is 1. The number of amides is 1. The first-order chi connectivity index (χ1) is 13.1. The number of carbonyl (C=O) groups is 1. The Labute approximate surface area is 158 Å². The monoisotopic (exact) mass is 361 g/mol. The molecule has 0 saturated heterocycles. The predicted molar refractivity (Wildman–Crippen MR) is 108 cm³/mol. The Morgan fingerprint density at radius 1 is 1.30 bits per heavy atom. The van der Waals surface area contributed by atoms with Crippen LogP contribution < -0.4 is 10.2 Å². The standard InChI is InChI=1S/C22H23N3O2/c1-14-6-8-20-18(10-14)19-12-16(7-9-21(19)24-20)22(26)25-23-13-15-4-3-5-17(11-15)27-2/h3-5,7,9,11-14,24H,6,8,10H2,1-2H3,(H,25,26)/b23-13-. The molecule has 0 fully saturated rings. The van der Waals surface area contributed by atoms with E-state index in [-0.39, 0.29) is 5.91 Å². The summed E-state index contributed by atoms with van der Waals surface area (Å²) < 4.78 is 5.19. The van der Waals surface area contributed by atoms with Crippen molar-refractivity contribution in [3.05, 3.63) is 64.8 Å². The summed E-state index contributed by atoms with van der Waals surface area (Å²) >= 11 is 0. The van der Waals surface area contributed by atoms with Crippen molar-refractivity contribution in [3.8, 4) is 5.75 Å². The highest BCUT2D eigenvalue weighted by Crippen LogP contribution is 2.32. The summed E-state index contributed by atoms with van der Waals surface area (Å²) in [5.74, 6) is 1.22. The lowest BCUT2D eigenvalue weighted by Gasteiger charge is -2.18. The first kappa shape index (κ1) is 17.3. The van der Waals surface area contributed by atoms with Gasteiger partial charge in [-0.15, -0.1) is 0 Å². The molecule has 1 aliphatic carbocycles. The van der Waals surface area contributed by atoms with Crippen LogP contribution in [0.5, 0.6) is 5.75 Å². The van der Waals surface area contributed by atoms with Crippen LogP contribution in [0.2, 0.25) is 0 Å². The van der Waals surface area contributed by atoms with Crippen LogP contribution >= 0.6 is 0 Å². The lowest BCUT2D eigenvalue weighted by molar-refractivity contribution is 0.0955. The van der Waals surface area contributed by atoms with Gasteiger partial charge in [0, 0.05) is 22.2 Å². The zero-order chi connectivity index (χ0) is 18.8. The van der Waals surface area contributed by atoms with Gasteiger partial charge in [-0.25, -0.2) is 5.43 Å². The predicted octanol–water partition coefficient (Wildman–Crippen LogP) is 4.07. The third-order valence-corrected chi connectivity index (χ3v) is 5.17. The second-order valence-electron chi connectivity index (χ2n) is 7.17. The molecule has 1 atom stereocenters. The van der Waals surface area contributed by atoms with Gasteiger partial charge in [0.15, 0.2) is 0 Å². The van der Waals surface area contributed by atoms with Gasteiger partial charge in [0.25, 0.3) is 5.91 Å². The summed E-state index contributed by atoms with van der Waals surface area (Å²) in [5.41, 5.74) is 7.86. The van der Waals surface area contributed by atoms with Gasteiger partial charge in [0.05, 0.1) is 13.3 Å². The highest BCUT2D eigenvalue weighted by atomic mass is 16.5. The summed E-state index contributed by atoms with van der Waals surface area (Å²) in [7, 11) is 1.62. The summed E-state index contributed by atoms with van der Waals surface area (Å²) in [6.07, 6.45) is 4.97. The van der Waals surface area contributed by atoms with Crippen LogP contribution in [-0.4, -0.2) is 24.2 Å². The van der Waals surface area contributed by atoms with Gasteiger partial charge in [0.1, 0.15) is 5.75 Å². The van der Waals surface area contributed by atoms with Crippen LogP contribution in [0.25, 0.3) is 10.9 Å². The first-order valence-electron chi connectivity index (χ1n) is 9.25. The fraction of sp³-hybridized carbons (Fsp3) is 0.273. The Balaban J connectivity index is 1.52. The van der Waals surface area contributed by atoms with Crippen LogP contribution in [0.4, 0.5) is 0 Å². The summed E-state index contributed by atoms with van der Waals surface area (Å²) in [6, 6.07) is 13.3. The van der Waals surface area contributed by atoms with Gasteiger partial charge in [-0.2, -0.15) is 5.10 Å². The number of hydrogen-bond donors (Lipinski definition) is 2. The molecule has 0 bridgehead atoms. The van der Waals surface area contributed by atoms with E-state index in [9.17, 15) is 4.79 Å². The Kier molecular flexibility index (Phi) is 4.67. The Bertz CT molecular complexity index is 1020. The first-order valence-corrected chi connectivity index (χ1v) is 9.25. The molecule has 5 heteroatoms. The number of fused-ring (bicyclic) bond motifs is 3. The molecule has 0 radical (unpaired) electrons. The lowest BCUT2D eigenvalue weighted by Crippen LogP contribution is -2.17. The smallest absolute Gasteiger partial charge is 0.271 e. The van der Waals surface area contributed by atoms with Crippen LogP contribution in [0.1, 0.15) is 40.5 Å². The van der Waals surface area contributed by atoms with Crippen molar-refractivity contribution in [1.82, 2.24) is 10.4 Å². The van der Waals surface area contributed by atoms with Gasteiger partial charge < -0.3 is 9.72 Å². The average Bonchev–Trinajstić information content (AvgIpc) is 3.05. The summed E-state index contributed by atoms with van der Waals surface area (Å²) in [5, 5.41) is 5.23. The van der Waals surface area contributed by atoms with E-state index in [0.29, 0.717) is 11.5 Å². The summed E-state index contributed by atoms with van der Waals surface area (Å²) in [4.78, 5) is 16.0. The van der Waals surface area contributed by atoms with Crippen molar-refractivity contribution in [2.75, 3.05) is 7.11 Å². The van der Waals surface area contributed by atoms with Crippen LogP contribution in [0.15, 0.2) is 47.6 Å². The topological polar surface area (TPSA) is 66.5 Å². The average molecular weight is 361 g/mol. The van der Waals surface area contributed by atoms with Crippen molar-refractivity contribution in [3.63, 3.8) is 0 Å². The zero-order valence-corrected chi connectivity index (χ0v) is 15.6. The number of carbonyl (C=O) groups excluding carboxylic acids is 1. The third kappa shape index (κ3) is 3.58. The maximum Gasteiger partial charge on any atom is 0.271 e. The number of H-pyrrole nitrogens is 1. The van der Waals surface area contributed by atoms with E-state index >= 15 is 0 Å². The Morgan fingerprint density at radius 2 is 2.19 bits per heavy atom. The van der Waals surface area contributed by atoms with Gasteiger partial charge >= 0.3 is 0 Å². The Hall–Kier alpha value is -3.08. The highest BCUT2D eigenvalue weighted by molar-refractivity contribution is 5.99. The number of hydrazone groups is 1. The van der Waals surface area contributed by atoms with Crippen LogP contribution in [0, 0.1) is 5.92 Å². The molecule has 0 saturated carbocycles. The number of methoxy groups -OCH3 is 1. The second kappa shape index (κ2) is 7.27. The van der Waals surface area contributed by atoms with Crippen molar-refractivity contribution in [1.29, 1.82) is 0 Å². The maximum atomic E-state index is 12.5. The zero-order valence-electron chi connectivity index (χ0n) is 15.6. The van der Waals surface area contributed by atoms with E-state index in [0.717, 1.165) is 35.1 Å². The normalized spacial score (nSPS) is 16.4. The molecule has 0 aliphatic heterocycles. The molecule has 27 heavy (non-hydrogen) atoms. The minimum Gasteiger partial charge on any atom is -0.497 e. The largest absolute Gasteiger partial charge is 0.497 e. The molecular weight excluding hydrogens is 338 g/mol. The number of aromatic nitrogens is 1. The molecule has 1 aromatic heterocycles. The van der Waals surface area contributed by atoms with Crippen molar-refractivity contribution >= 4 is 23.0 Å². The molecule has 4 rings (SSSR count). The summed E-state index contributed by atoms with van der Waals surface area (Å²) in [6.45, 7) is 2.28. The molecule has 0 spiro atoms. The van der Waals surface area contributed by atoms with Gasteiger partial charge in [0.2, 0.25) is 0 Å². The van der Waals surface area contributed by atoms with E-state index in [2.05, 4.69) is 22.4 Å². The number of aromatic amines is 1. The molecule has 3 aromatic rings. The molecule has 1 heterocycles. The SMILES string of the molecule is COc1cccc(/C=N\NC(=O)c2ccc3[nH]c4c(c3c2)CC(C)CC4)c1. The number of nitrogens with one attached hydrogen (secondary N) is 2. The molecule has 1 unspecified atom stereocenters. The van der Waals surface area contributed by atoms with E-state index in [1.54, 1.807) is 13.3 Å². The number of hydrogen-bond acceptors (Lipinski definition) is 3. The van der Waals surface area contributed by atoms with E-state index in [1.807, 2.05) is 42.5 Å².